The molecule has 0 unspecified atom stereocenters. The minimum absolute atomic E-state index is 0.00855. The molecule has 292 valence electrons. The quantitative estimate of drug-likeness (QED) is 0.129. The Morgan fingerprint density at radius 3 is 2.53 bits per heavy atom. The molecule has 1 aliphatic heterocycles. The third-order valence-electron chi connectivity index (χ3n) is 10.0. The molecule has 6 rings (SSSR count). The van der Waals surface area contributed by atoms with Crippen LogP contribution in [0.1, 0.15) is 43.7 Å². The molecular weight excluding hydrogens is 718 g/mol. The number of nitrogens with zero attached hydrogens (tertiary/aromatic N) is 8. The molecule has 0 radical (unpaired) electrons. The summed E-state index contributed by atoms with van der Waals surface area (Å²) in [5.74, 6) is -1.16. The maximum absolute atomic E-state index is 13.5. The third-order valence-corrected chi connectivity index (χ3v) is 10.0. The van der Waals surface area contributed by atoms with Crippen molar-refractivity contribution in [1.82, 2.24) is 34.1 Å². The Kier molecular flexibility index (Phi) is 11.8. The topological polar surface area (TPSA) is 265 Å². The van der Waals surface area contributed by atoms with Crippen LogP contribution in [0.25, 0.3) is 22.3 Å². The van der Waals surface area contributed by atoms with Crippen molar-refractivity contribution in [2.24, 2.45) is 5.92 Å². The number of hydrogen-bond acceptors (Lipinski definition) is 14. The maximum Gasteiger partial charge on any atom is 0.409 e. The average Bonchev–Trinajstić information content (AvgIpc) is 3.97. The van der Waals surface area contributed by atoms with E-state index in [2.05, 4.69) is 21.1 Å². The normalized spacial score (nSPS) is 21.9. The van der Waals surface area contributed by atoms with Crippen LogP contribution in [-0.2, 0) is 20.9 Å². The highest BCUT2D eigenvalue weighted by Gasteiger charge is 2.48. The number of amides is 2. The van der Waals surface area contributed by atoms with Crippen LogP contribution in [0.2, 0.25) is 0 Å². The summed E-state index contributed by atoms with van der Waals surface area (Å²) in [6, 6.07) is 8.04. The number of aliphatic carboxylic acids is 1. The van der Waals surface area contributed by atoms with Crippen LogP contribution in [0.4, 0.5) is 15.3 Å². The summed E-state index contributed by atoms with van der Waals surface area (Å²) < 4.78 is 19.3. The lowest BCUT2D eigenvalue weighted by molar-refractivity contribution is -0.271. The van der Waals surface area contributed by atoms with Gasteiger partial charge in [0.1, 0.15) is 37.0 Å². The Hall–Kier alpha value is -5.81. The van der Waals surface area contributed by atoms with Gasteiger partial charge in [0.05, 0.1) is 36.1 Å². The molecule has 1 saturated heterocycles. The molecular formula is C36H43N9O10. The number of nitrogens with two attached hydrogens (primary N) is 1. The van der Waals surface area contributed by atoms with E-state index >= 15 is 0 Å². The number of fused-ring (bicyclic) bond motifs is 1. The second kappa shape index (κ2) is 16.7. The molecule has 0 spiro atoms. The van der Waals surface area contributed by atoms with Gasteiger partial charge < -0.3 is 50.2 Å². The van der Waals surface area contributed by atoms with Crippen LogP contribution in [0, 0.1) is 17.2 Å². The van der Waals surface area contributed by atoms with Gasteiger partial charge in [0.15, 0.2) is 11.8 Å². The largest absolute Gasteiger partial charge is 0.479 e. The molecule has 2 aliphatic rings. The van der Waals surface area contributed by atoms with Gasteiger partial charge in [-0.3, -0.25) is 9.25 Å². The van der Waals surface area contributed by atoms with Crippen LogP contribution in [0.3, 0.4) is 0 Å². The molecule has 4 aromatic rings. The fourth-order valence-corrected chi connectivity index (χ4v) is 6.89. The summed E-state index contributed by atoms with van der Waals surface area (Å²) in [6.45, 7) is 0.132. The number of carbonyl (C=O) groups is 3. The smallest absolute Gasteiger partial charge is 0.409 e. The van der Waals surface area contributed by atoms with E-state index < -0.39 is 42.8 Å². The number of nitrogen functional groups attached to an aromatic ring is 1. The van der Waals surface area contributed by atoms with Crippen molar-refractivity contribution in [3.63, 3.8) is 0 Å². The van der Waals surface area contributed by atoms with Crippen molar-refractivity contribution in [2.45, 2.75) is 75.5 Å². The first-order valence-corrected chi connectivity index (χ1v) is 17.7. The van der Waals surface area contributed by atoms with E-state index in [-0.39, 0.29) is 43.2 Å². The zero-order valence-electron chi connectivity index (χ0n) is 30.2. The molecule has 2 amide bonds. The monoisotopic (exact) mass is 761 g/mol. The van der Waals surface area contributed by atoms with Crippen molar-refractivity contribution in [3.05, 3.63) is 54.7 Å². The fraction of sp³-hybridized carbons (Fsp3) is 0.472. The van der Waals surface area contributed by atoms with E-state index in [1.807, 2.05) is 10.9 Å². The van der Waals surface area contributed by atoms with Crippen LogP contribution in [-0.4, -0.2) is 131 Å². The van der Waals surface area contributed by atoms with Gasteiger partial charge in [-0.05, 0) is 42.5 Å². The standard InChI is InChI=1S/C36H43N9O10/c1-42(35(51)44-12-10-23-27(39-19-40-32(23)44)22-16-41-45(17-22)25(9-11-37)21-5-3-4-6-21)13-14-43(2)36(52)53-18-20-7-8-26(24(38)15-20)54-34-30(48)28(46)29(47)31(55-34)33(49)50/h7-8,10,12,15-17,19,21,25,28-31,34,46-48H,3-6,9,13-14,18,38H2,1-2H3,(H,49,50)/t25-,28+,29+,30-,31+,34-/m1/s1. The molecule has 19 nitrogen and oxygen atoms in total. The minimum atomic E-state index is -1.87. The van der Waals surface area contributed by atoms with Crippen molar-refractivity contribution in [1.29, 1.82) is 5.26 Å². The number of carboxylic acid groups (broad SMARTS) is 1. The highest BCUT2D eigenvalue weighted by molar-refractivity contribution is 5.96. The van der Waals surface area contributed by atoms with Crippen molar-refractivity contribution in [3.8, 4) is 23.1 Å². The predicted octanol–water partition coefficient (Wildman–Crippen LogP) is 1.96. The van der Waals surface area contributed by atoms with Crippen LogP contribution in [0.5, 0.6) is 5.75 Å². The zero-order chi connectivity index (χ0) is 39.4. The van der Waals surface area contributed by atoms with E-state index in [0.717, 1.165) is 31.2 Å². The number of aliphatic hydroxyl groups is 3. The van der Waals surface area contributed by atoms with Crippen LogP contribution >= 0.6 is 0 Å². The molecule has 3 aromatic heterocycles. The predicted molar refractivity (Wildman–Crippen MR) is 192 cm³/mol. The molecule has 55 heavy (non-hydrogen) atoms. The number of nitriles is 1. The molecule has 6 atom stereocenters. The van der Waals surface area contributed by atoms with Crippen molar-refractivity contribution in [2.75, 3.05) is 32.9 Å². The van der Waals surface area contributed by atoms with Gasteiger partial charge in [0, 0.05) is 50.5 Å². The Balaban J connectivity index is 1.02. The first kappa shape index (κ1) is 38.9. The van der Waals surface area contributed by atoms with E-state index in [1.165, 1.54) is 45.9 Å². The van der Waals surface area contributed by atoms with E-state index in [0.29, 0.717) is 34.6 Å². The number of aromatic nitrogens is 5. The summed E-state index contributed by atoms with van der Waals surface area (Å²) in [6.07, 6.45) is 1.84. The molecule has 6 N–H and O–H groups in total. The Morgan fingerprint density at radius 1 is 1.07 bits per heavy atom. The highest BCUT2D eigenvalue weighted by atomic mass is 16.7. The molecule has 1 saturated carbocycles. The van der Waals surface area contributed by atoms with Gasteiger partial charge in [-0.2, -0.15) is 10.4 Å². The van der Waals surface area contributed by atoms with Gasteiger partial charge in [-0.25, -0.2) is 24.4 Å². The summed E-state index contributed by atoms with van der Waals surface area (Å²) in [4.78, 5) is 49.3. The number of rotatable bonds is 12. The number of ether oxygens (including phenoxy) is 3. The molecule has 19 heteroatoms. The summed E-state index contributed by atoms with van der Waals surface area (Å²) >= 11 is 0. The van der Waals surface area contributed by atoms with Crippen molar-refractivity contribution < 1.29 is 49.0 Å². The first-order valence-electron chi connectivity index (χ1n) is 17.7. The van der Waals surface area contributed by atoms with Gasteiger partial charge in [0.25, 0.3) is 0 Å². The SMILES string of the molecule is CN(CCN(C)C(=O)n1ccc2c(-c3cnn([C@H](CC#N)C4CCCC4)c3)ncnc21)C(=O)OCc1ccc(O[C@@H]2O[C@H](C(=O)O)[C@@H](O)[C@H](O)[C@H]2O)c(N)c1. The molecule has 2 fully saturated rings. The number of anilines is 1. The van der Waals surface area contributed by atoms with Gasteiger partial charge >= 0.3 is 18.1 Å². The fourth-order valence-electron chi connectivity index (χ4n) is 6.89. The molecule has 1 aromatic carbocycles. The zero-order valence-corrected chi connectivity index (χ0v) is 30.2. The lowest BCUT2D eigenvalue weighted by Gasteiger charge is -2.38. The number of carbonyl (C=O) groups excluding carboxylic acids is 2. The number of benzene rings is 1. The van der Waals surface area contributed by atoms with Gasteiger partial charge in [-0.1, -0.05) is 18.9 Å². The van der Waals surface area contributed by atoms with Crippen molar-refractivity contribution >= 4 is 34.8 Å². The summed E-state index contributed by atoms with van der Waals surface area (Å²) in [5.41, 5.74) is 8.37. The molecule has 1 aliphatic carbocycles. The number of carboxylic acids is 1. The maximum atomic E-state index is 13.5. The third kappa shape index (κ3) is 8.32. The second-order valence-electron chi connectivity index (χ2n) is 13.7. The summed E-state index contributed by atoms with van der Waals surface area (Å²) in [7, 11) is 3.13. The van der Waals surface area contributed by atoms with E-state index in [4.69, 9.17) is 19.9 Å². The second-order valence-corrected chi connectivity index (χ2v) is 13.7. The van der Waals surface area contributed by atoms with Crippen LogP contribution < -0.4 is 10.5 Å². The Bertz CT molecular complexity index is 2060. The minimum Gasteiger partial charge on any atom is -0.479 e. The van der Waals surface area contributed by atoms with E-state index in [1.54, 1.807) is 25.5 Å². The average molecular weight is 762 g/mol. The van der Waals surface area contributed by atoms with Gasteiger partial charge in [-0.15, -0.1) is 0 Å². The molecule has 4 heterocycles. The number of likely N-dealkylation sites (N-methyl/N-ethyl adjacent to an activating group) is 2. The van der Waals surface area contributed by atoms with Crippen LogP contribution in [0.15, 0.2) is 49.2 Å². The van der Waals surface area contributed by atoms with Gasteiger partial charge in [0.2, 0.25) is 6.29 Å². The summed E-state index contributed by atoms with van der Waals surface area (Å²) in [5, 5.41) is 54.1. The number of aliphatic hydroxyl groups excluding tert-OH is 3. The lowest BCUT2D eigenvalue weighted by atomic mass is 9.96. The van der Waals surface area contributed by atoms with E-state index in [9.17, 15) is 40.1 Å². The lowest BCUT2D eigenvalue weighted by Crippen LogP contribution is -2.61. The highest BCUT2D eigenvalue weighted by Crippen LogP contribution is 2.37. The Labute approximate surface area is 315 Å². The molecule has 0 bridgehead atoms. The number of hydrogen-bond donors (Lipinski definition) is 5. The Morgan fingerprint density at radius 2 is 1.82 bits per heavy atom. The first-order chi connectivity index (χ1) is 26.4.